The summed E-state index contributed by atoms with van der Waals surface area (Å²) >= 11 is 0. The lowest BCUT2D eigenvalue weighted by Crippen LogP contribution is -2.36. The number of nitrogens with one attached hydrogen (secondary N) is 1. The normalized spacial score (nSPS) is 20.2. The van der Waals surface area contributed by atoms with E-state index in [0.717, 1.165) is 11.1 Å². The van der Waals surface area contributed by atoms with Gasteiger partial charge in [-0.2, -0.15) is 4.31 Å². The summed E-state index contributed by atoms with van der Waals surface area (Å²) in [6, 6.07) is 9.97. The molecule has 9 heteroatoms. The van der Waals surface area contributed by atoms with Crippen LogP contribution in [0.4, 0.5) is 4.39 Å². The molecule has 0 bridgehead atoms. The fourth-order valence-corrected chi connectivity index (χ4v) is 5.08. The highest BCUT2D eigenvalue weighted by molar-refractivity contribution is 7.89. The molecule has 0 aliphatic carbocycles. The standard InChI is InChI=1S/C20H22FN5O2S/c1-25-13-20(24-14-25)29(27,28)26-11-18(16-2-4-17(21)5-3-16)19(12-26)23-10-15-6-8-22-9-7-15/h2-9,13-14,18-19,23H,10-12H2,1H3/t18-,19+/m1/s1. The first-order valence-corrected chi connectivity index (χ1v) is 10.7. The number of rotatable bonds is 6. The SMILES string of the molecule is Cn1cnc(S(=O)(=O)N2C[C@H](NCc3ccncc3)[C@@H](c3ccc(F)cc3)C2)c1. The van der Waals surface area contributed by atoms with E-state index in [2.05, 4.69) is 15.3 Å². The number of aryl methyl sites for hydroxylation is 1. The van der Waals surface area contributed by atoms with Crippen LogP contribution in [0.5, 0.6) is 0 Å². The van der Waals surface area contributed by atoms with E-state index in [-0.39, 0.29) is 22.8 Å². The topological polar surface area (TPSA) is 80.1 Å². The first-order chi connectivity index (χ1) is 13.9. The number of pyridine rings is 1. The zero-order valence-corrected chi connectivity index (χ0v) is 16.8. The molecule has 7 nitrogen and oxygen atoms in total. The van der Waals surface area contributed by atoms with Crippen LogP contribution in [-0.4, -0.2) is 46.4 Å². The van der Waals surface area contributed by atoms with Crippen LogP contribution in [-0.2, 0) is 23.6 Å². The van der Waals surface area contributed by atoms with E-state index in [9.17, 15) is 12.8 Å². The maximum atomic E-state index is 13.4. The Morgan fingerprint density at radius 1 is 1.14 bits per heavy atom. The first-order valence-electron chi connectivity index (χ1n) is 9.29. The van der Waals surface area contributed by atoms with Crippen LogP contribution in [0.1, 0.15) is 17.0 Å². The third kappa shape index (κ3) is 4.21. The Kier molecular flexibility index (Phi) is 5.44. The molecule has 4 rings (SSSR count). The van der Waals surface area contributed by atoms with Gasteiger partial charge in [-0.25, -0.2) is 17.8 Å². The minimum Gasteiger partial charge on any atom is -0.339 e. The molecule has 1 aliphatic rings. The lowest BCUT2D eigenvalue weighted by Gasteiger charge is -2.20. The summed E-state index contributed by atoms with van der Waals surface area (Å²) in [7, 11) is -1.97. The average Bonchev–Trinajstić information content (AvgIpc) is 3.35. The van der Waals surface area contributed by atoms with E-state index < -0.39 is 10.0 Å². The summed E-state index contributed by atoms with van der Waals surface area (Å²) in [4.78, 5) is 8.03. The second-order valence-electron chi connectivity index (χ2n) is 7.20. The highest BCUT2D eigenvalue weighted by atomic mass is 32.2. The summed E-state index contributed by atoms with van der Waals surface area (Å²) in [5.41, 5.74) is 1.96. The molecule has 0 spiro atoms. The number of hydrogen-bond acceptors (Lipinski definition) is 5. The van der Waals surface area contributed by atoms with Crippen molar-refractivity contribution in [2.24, 2.45) is 7.05 Å². The summed E-state index contributed by atoms with van der Waals surface area (Å²) in [6.07, 6.45) is 6.42. The Balaban J connectivity index is 1.59. The summed E-state index contributed by atoms with van der Waals surface area (Å²) in [5, 5.41) is 3.50. The molecule has 29 heavy (non-hydrogen) atoms. The summed E-state index contributed by atoms with van der Waals surface area (Å²) in [5.74, 6) is -0.415. The van der Waals surface area contributed by atoms with Crippen LogP contribution in [0.25, 0.3) is 0 Å². The van der Waals surface area contributed by atoms with Crippen LogP contribution in [0.15, 0.2) is 66.3 Å². The third-order valence-corrected chi connectivity index (χ3v) is 6.91. The van der Waals surface area contributed by atoms with Crippen molar-refractivity contribution in [3.8, 4) is 0 Å². The number of benzene rings is 1. The van der Waals surface area contributed by atoms with Gasteiger partial charge < -0.3 is 9.88 Å². The molecule has 1 aliphatic heterocycles. The van der Waals surface area contributed by atoms with Gasteiger partial charge in [0.2, 0.25) is 0 Å². The van der Waals surface area contributed by atoms with Gasteiger partial charge in [0.05, 0.1) is 6.33 Å². The zero-order valence-electron chi connectivity index (χ0n) is 15.9. The Bertz CT molecular complexity index is 1070. The van der Waals surface area contributed by atoms with Gasteiger partial charge in [0.25, 0.3) is 10.0 Å². The van der Waals surface area contributed by atoms with Crippen LogP contribution in [0.2, 0.25) is 0 Å². The van der Waals surface area contributed by atoms with Gasteiger partial charge in [-0.1, -0.05) is 12.1 Å². The van der Waals surface area contributed by atoms with Crippen molar-refractivity contribution in [1.29, 1.82) is 0 Å². The quantitative estimate of drug-likeness (QED) is 0.665. The van der Waals surface area contributed by atoms with Crippen molar-refractivity contribution in [3.63, 3.8) is 0 Å². The van der Waals surface area contributed by atoms with Crippen LogP contribution in [0, 0.1) is 5.82 Å². The number of halogens is 1. The molecule has 152 valence electrons. The average molecular weight is 415 g/mol. The van der Waals surface area contributed by atoms with E-state index in [4.69, 9.17) is 0 Å². The maximum absolute atomic E-state index is 13.4. The second kappa shape index (κ2) is 8.02. The maximum Gasteiger partial charge on any atom is 0.262 e. The monoisotopic (exact) mass is 415 g/mol. The van der Waals surface area contributed by atoms with Crippen molar-refractivity contribution in [2.75, 3.05) is 13.1 Å². The third-order valence-electron chi connectivity index (χ3n) is 5.19. The van der Waals surface area contributed by atoms with E-state index >= 15 is 0 Å². The Labute approximate surface area is 169 Å². The predicted molar refractivity (Wildman–Crippen MR) is 106 cm³/mol. The van der Waals surface area contributed by atoms with Crippen molar-refractivity contribution in [3.05, 3.63) is 78.3 Å². The molecular weight excluding hydrogens is 393 g/mol. The summed E-state index contributed by atoms with van der Waals surface area (Å²) < 4.78 is 42.6. The van der Waals surface area contributed by atoms with Gasteiger partial charge in [0.15, 0.2) is 5.03 Å². The van der Waals surface area contributed by atoms with Gasteiger partial charge in [-0.15, -0.1) is 0 Å². The Morgan fingerprint density at radius 2 is 1.86 bits per heavy atom. The van der Waals surface area contributed by atoms with Crippen molar-refractivity contribution >= 4 is 10.0 Å². The molecule has 0 radical (unpaired) electrons. The second-order valence-corrected chi connectivity index (χ2v) is 9.09. The number of nitrogens with zero attached hydrogens (tertiary/aromatic N) is 4. The van der Waals surface area contributed by atoms with Crippen molar-refractivity contribution in [1.82, 2.24) is 24.2 Å². The molecule has 0 unspecified atom stereocenters. The number of aromatic nitrogens is 3. The predicted octanol–water partition coefficient (Wildman–Crippen LogP) is 1.90. The molecule has 3 aromatic rings. The molecule has 1 fully saturated rings. The van der Waals surface area contributed by atoms with E-state index in [0.29, 0.717) is 19.6 Å². The lowest BCUT2D eigenvalue weighted by atomic mass is 9.94. The van der Waals surface area contributed by atoms with Crippen molar-refractivity contribution < 1.29 is 12.8 Å². The van der Waals surface area contributed by atoms with Gasteiger partial charge in [-0.05, 0) is 35.4 Å². The molecule has 2 aromatic heterocycles. The number of hydrogen-bond donors (Lipinski definition) is 1. The molecule has 3 heterocycles. The van der Waals surface area contributed by atoms with E-state index in [1.165, 1.54) is 29.0 Å². The van der Waals surface area contributed by atoms with Crippen LogP contribution in [0.3, 0.4) is 0 Å². The highest BCUT2D eigenvalue weighted by Crippen LogP contribution is 2.31. The highest BCUT2D eigenvalue weighted by Gasteiger charge is 2.40. The Hall–Kier alpha value is -2.62. The smallest absolute Gasteiger partial charge is 0.262 e. The molecule has 1 saturated heterocycles. The van der Waals surface area contributed by atoms with Crippen LogP contribution >= 0.6 is 0 Å². The van der Waals surface area contributed by atoms with Crippen molar-refractivity contribution in [2.45, 2.75) is 23.5 Å². The fraction of sp³-hybridized carbons (Fsp3) is 0.300. The largest absolute Gasteiger partial charge is 0.339 e. The van der Waals surface area contributed by atoms with Gasteiger partial charge in [0, 0.05) is 57.2 Å². The fourth-order valence-electron chi connectivity index (χ4n) is 3.62. The van der Waals surface area contributed by atoms with Crippen LogP contribution < -0.4 is 5.32 Å². The molecule has 0 saturated carbocycles. The first kappa shape index (κ1) is 19.7. The lowest BCUT2D eigenvalue weighted by molar-refractivity contribution is 0.454. The summed E-state index contributed by atoms with van der Waals surface area (Å²) in [6.45, 7) is 1.20. The van der Waals surface area contributed by atoms with Gasteiger partial charge in [-0.3, -0.25) is 4.98 Å². The number of sulfonamides is 1. The molecule has 0 amide bonds. The molecular formula is C20H22FN5O2S. The molecule has 2 atom stereocenters. The van der Waals surface area contributed by atoms with Gasteiger partial charge >= 0.3 is 0 Å². The molecule has 1 N–H and O–H groups in total. The van der Waals surface area contributed by atoms with Gasteiger partial charge in [0.1, 0.15) is 5.82 Å². The number of imidazole rings is 1. The minimum atomic E-state index is -3.71. The zero-order chi connectivity index (χ0) is 20.4. The van der Waals surface area contributed by atoms with E-state index in [1.807, 2.05) is 12.1 Å². The van der Waals surface area contributed by atoms with E-state index in [1.54, 1.807) is 36.1 Å². The minimum absolute atomic E-state index is 0.0349. The molecule has 1 aromatic carbocycles. The Morgan fingerprint density at radius 3 is 2.52 bits per heavy atom.